The fourth-order valence-electron chi connectivity index (χ4n) is 4.29. The van der Waals surface area contributed by atoms with E-state index in [9.17, 15) is 4.79 Å². The number of hydrogen-bond donors (Lipinski definition) is 2. The molecule has 30 heavy (non-hydrogen) atoms. The van der Waals surface area contributed by atoms with Crippen LogP contribution in [-0.4, -0.2) is 52.7 Å². The fraction of sp³-hybridized carbons (Fsp3) is 0.773. The van der Waals surface area contributed by atoms with Crippen molar-refractivity contribution >= 4 is 35.8 Å². The van der Waals surface area contributed by atoms with E-state index in [1.807, 2.05) is 23.7 Å². The van der Waals surface area contributed by atoms with Gasteiger partial charge in [0.25, 0.3) is 0 Å². The number of likely N-dealkylation sites (tertiary alicyclic amines) is 1. The number of rotatable bonds is 8. The van der Waals surface area contributed by atoms with Crippen LogP contribution >= 0.6 is 24.0 Å². The first-order valence-electron chi connectivity index (χ1n) is 11.3. The number of guanidine groups is 1. The van der Waals surface area contributed by atoms with Gasteiger partial charge in [0, 0.05) is 56.9 Å². The normalized spacial score (nSPS) is 15.3. The lowest BCUT2D eigenvalue weighted by molar-refractivity contribution is -0.136. The Balaban J connectivity index is 0.00000450. The number of carbonyl (C=O) groups is 1. The maximum Gasteiger partial charge on any atom is 0.225 e. The second-order valence-corrected chi connectivity index (χ2v) is 7.89. The highest BCUT2D eigenvalue weighted by atomic mass is 127. The van der Waals surface area contributed by atoms with Gasteiger partial charge in [-0.25, -0.2) is 0 Å². The van der Waals surface area contributed by atoms with Crippen LogP contribution in [0.15, 0.2) is 4.99 Å². The summed E-state index contributed by atoms with van der Waals surface area (Å²) in [5.74, 6) is 1.32. The van der Waals surface area contributed by atoms with E-state index in [1.54, 1.807) is 0 Å². The lowest BCUT2D eigenvalue weighted by Gasteiger charge is -2.34. The van der Waals surface area contributed by atoms with Crippen LogP contribution in [0.5, 0.6) is 0 Å². The first kappa shape index (κ1) is 26.7. The van der Waals surface area contributed by atoms with Crippen molar-refractivity contribution in [3.8, 4) is 0 Å². The quantitative estimate of drug-likeness (QED) is 0.306. The average molecular weight is 533 g/mol. The number of nitrogens with zero attached hydrogens (tertiary/aromatic N) is 4. The average Bonchev–Trinajstić information content (AvgIpc) is 3.06. The molecule has 8 heteroatoms. The molecule has 0 bridgehead atoms. The summed E-state index contributed by atoms with van der Waals surface area (Å²) >= 11 is 0. The smallest absolute Gasteiger partial charge is 0.225 e. The summed E-state index contributed by atoms with van der Waals surface area (Å²) in [6.07, 6.45) is 5.67. The Labute approximate surface area is 199 Å². The molecule has 7 nitrogen and oxygen atoms in total. The Morgan fingerprint density at radius 3 is 2.30 bits per heavy atom. The van der Waals surface area contributed by atoms with Crippen molar-refractivity contribution in [3.63, 3.8) is 0 Å². The molecule has 0 aromatic carbocycles. The van der Waals surface area contributed by atoms with Crippen LogP contribution in [0, 0.1) is 5.92 Å². The molecule has 1 amide bonds. The summed E-state index contributed by atoms with van der Waals surface area (Å²) in [6.45, 7) is 10.9. The maximum absolute atomic E-state index is 12.6. The molecule has 172 valence electrons. The Bertz CT molecular complexity index is 690. The third kappa shape index (κ3) is 6.59. The van der Waals surface area contributed by atoms with Crippen molar-refractivity contribution in [3.05, 3.63) is 17.0 Å². The van der Waals surface area contributed by atoms with Crippen LogP contribution < -0.4 is 10.6 Å². The molecule has 2 N–H and O–H groups in total. The number of aliphatic imine (C=N–C) groups is 1. The lowest BCUT2D eigenvalue weighted by atomic mass is 9.98. The Morgan fingerprint density at radius 1 is 1.17 bits per heavy atom. The topological polar surface area (TPSA) is 74.6 Å². The molecule has 1 saturated heterocycles. The first-order chi connectivity index (χ1) is 14.0. The number of aromatic nitrogens is 2. The van der Waals surface area contributed by atoms with Crippen LogP contribution in [0.2, 0.25) is 0 Å². The summed E-state index contributed by atoms with van der Waals surface area (Å²) in [4.78, 5) is 19.0. The number of piperidine rings is 1. The molecule has 0 spiro atoms. The number of nitrogens with one attached hydrogen (secondary N) is 2. The van der Waals surface area contributed by atoms with Crippen LogP contribution in [0.4, 0.5) is 0 Å². The predicted molar refractivity (Wildman–Crippen MR) is 134 cm³/mol. The highest BCUT2D eigenvalue weighted by molar-refractivity contribution is 14.0. The number of hydrogen-bond acceptors (Lipinski definition) is 3. The predicted octanol–water partition coefficient (Wildman–Crippen LogP) is 3.26. The first-order valence-corrected chi connectivity index (χ1v) is 11.3. The molecule has 0 atom stereocenters. The summed E-state index contributed by atoms with van der Waals surface area (Å²) in [7, 11) is 3.83. The SMILES string of the molecule is CCc1nn(C)c(CC)c1CNC(=NC)NC1CCN(C(=O)C(CC)CC)CC1.I. The highest BCUT2D eigenvalue weighted by Crippen LogP contribution is 2.18. The second-order valence-electron chi connectivity index (χ2n) is 7.89. The molecular weight excluding hydrogens is 491 g/mol. The minimum Gasteiger partial charge on any atom is -0.354 e. The van der Waals surface area contributed by atoms with Gasteiger partial charge >= 0.3 is 0 Å². The molecule has 1 aromatic rings. The van der Waals surface area contributed by atoms with E-state index in [0.29, 0.717) is 11.9 Å². The molecule has 1 aromatic heterocycles. The van der Waals surface area contributed by atoms with E-state index in [-0.39, 0.29) is 29.9 Å². The maximum atomic E-state index is 12.6. The largest absolute Gasteiger partial charge is 0.354 e. The van der Waals surface area contributed by atoms with Crippen LogP contribution in [0.25, 0.3) is 0 Å². The van der Waals surface area contributed by atoms with Gasteiger partial charge in [0.15, 0.2) is 5.96 Å². The van der Waals surface area contributed by atoms with Crippen molar-refractivity contribution in [2.75, 3.05) is 20.1 Å². The zero-order valence-electron chi connectivity index (χ0n) is 19.6. The van der Waals surface area contributed by atoms with Crippen LogP contribution in [0.1, 0.15) is 70.3 Å². The van der Waals surface area contributed by atoms with Gasteiger partial charge in [-0.3, -0.25) is 14.5 Å². The minimum absolute atomic E-state index is 0. The fourth-order valence-corrected chi connectivity index (χ4v) is 4.29. The Kier molecular flexibility index (Phi) is 11.7. The van der Waals surface area contributed by atoms with Crippen molar-refractivity contribution < 1.29 is 4.79 Å². The number of halogens is 1. The zero-order valence-corrected chi connectivity index (χ0v) is 22.0. The van der Waals surface area contributed by atoms with Crippen LogP contribution in [-0.2, 0) is 31.2 Å². The second kappa shape index (κ2) is 13.2. The van der Waals surface area contributed by atoms with E-state index in [2.05, 4.69) is 48.4 Å². The van der Waals surface area contributed by atoms with E-state index in [1.165, 1.54) is 11.3 Å². The Morgan fingerprint density at radius 2 is 1.80 bits per heavy atom. The molecule has 1 fully saturated rings. The van der Waals surface area contributed by atoms with Crippen molar-refractivity contribution in [2.24, 2.45) is 18.0 Å². The summed E-state index contributed by atoms with van der Waals surface area (Å²) < 4.78 is 2.00. The minimum atomic E-state index is 0. The molecular formula is C22H41IN6O. The number of aryl methyl sites for hydroxylation is 2. The molecule has 0 unspecified atom stereocenters. The lowest BCUT2D eigenvalue weighted by Crippen LogP contribution is -2.50. The van der Waals surface area contributed by atoms with Gasteiger partial charge in [0.05, 0.1) is 5.69 Å². The van der Waals surface area contributed by atoms with Crippen molar-refractivity contribution in [1.82, 2.24) is 25.3 Å². The molecule has 2 heterocycles. The van der Waals surface area contributed by atoms with Gasteiger partial charge in [0.2, 0.25) is 5.91 Å². The van der Waals surface area contributed by atoms with Gasteiger partial charge in [-0.1, -0.05) is 27.7 Å². The van der Waals surface area contributed by atoms with Gasteiger partial charge in [-0.2, -0.15) is 5.10 Å². The third-order valence-electron chi connectivity index (χ3n) is 6.17. The van der Waals surface area contributed by atoms with Crippen LogP contribution in [0.3, 0.4) is 0 Å². The van der Waals surface area contributed by atoms with E-state index < -0.39 is 0 Å². The van der Waals surface area contributed by atoms with E-state index >= 15 is 0 Å². The summed E-state index contributed by atoms with van der Waals surface area (Å²) in [6, 6.07) is 0.345. The summed E-state index contributed by atoms with van der Waals surface area (Å²) in [5, 5.41) is 11.7. The number of amides is 1. The van der Waals surface area contributed by atoms with Gasteiger partial charge in [-0.15, -0.1) is 24.0 Å². The standard InChI is InChI=1S/C22H40N6O.HI/c1-7-16(8-2)21(29)28-13-11-17(12-14-28)25-22(23-5)24-15-18-19(9-3)26-27(6)20(18)10-4;/h16-17H,7-15H2,1-6H3,(H2,23,24,25);1H. The van der Waals surface area contributed by atoms with Crippen molar-refractivity contribution in [1.29, 1.82) is 0 Å². The monoisotopic (exact) mass is 532 g/mol. The van der Waals surface area contributed by atoms with Gasteiger partial charge in [0.1, 0.15) is 0 Å². The third-order valence-corrected chi connectivity index (χ3v) is 6.17. The molecule has 1 aliphatic rings. The summed E-state index contributed by atoms with van der Waals surface area (Å²) in [5.41, 5.74) is 3.71. The molecule has 2 rings (SSSR count). The van der Waals surface area contributed by atoms with Gasteiger partial charge in [-0.05, 0) is 38.5 Å². The highest BCUT2D eigenvalue weighted by Gasteiger charge is 2.27. The molecule has 0 saturated carbocycles. The molecule has 0 radical (unpaired) electrons. The molecule has 1 aliphatic heterocycles. The Hall–Kier alpha value is -1.32. The van der Waals surface area contributed by atoms with Gasteiger partial charge < -0.3 is 15.5 Å². The van der Waals surface area contributed by atoms with E-state index in [4.69, 9.17) is 0 Å². The van der Waals surface area contributed by atoms with E-state index in [0.717, 1.165) is 69.8 Å². The zero-order chi connectivity index (χ0) is 21.4. The molecule has 0 aliphatic carbocycles. The number of carbonyl (C=O) groups excluding carboxylic acids is 1. The van der Waals surface area contributed by atoms with Crippen molar-refractivity contribution in [2.45, 2.75) is 78.8 Å².